The number of hydrogen-bond donors (Lipinski definition) is 1. The Bertz CT molecular complexity index is 2860. The maximum absolute atomic E-state index is 6.62. The quantitative estimate of drug-likeness (QED) is 0.194. The fourth-order valence-corrected chi connectivity index (χ4v) is 7.56. The van der Waals surface area contributed by atoms with Crippen LogP contribution in [0, 0.1) is 0 Å². The average molecular weight is 653 g/mol. The predicted molar refractivity (Wildman–Crippen MR) is 214 cm³/mol. The molecule has 0 radical (unpaired) electrons. The molecule has 3 heteroatoms. The van der Waals surface area contributed by atoms with Crippen LogP contribution in [0.15, 0.2) is 192 Å². The molecule has 10 rings (SSSR count). The third-order valence-electron chi connectivity index (χ3n) is 9.99. The van der Waals surface area contributed by atoms with E-state index in [9.17, 15) is 0 Å². The molecule has 2 aromatic heterocycles. The fraction of sp³-hybridized carbons (Fsp3) is 0. The second-order valence-electron chi connectivity index (χ2n) is 13.0. The second-order valence-corrected chi connectivity index (χ2v) is 13.0. The summed E-state index contributed by atoms with van der Waals surface area (Å²) >= 11 is 0. The zero-order valence-electron chi connectivity index (χ0n) is 27.8. The third-order valence-corrected chi connectivity index (χ3v) is 9.99. The Balaban J connectivity index is 1.08. The van der Waals surface area contributed by atoms with E-state index in [4.69, 9.17) is 4.42 Å². The Labute approximate surface area is 295 Å². The van der Waals surface area contributed by atoms with Gasteiger partial charge < -0.3 is 14.3 Å². The highest BCUT2D eigenvalue weighted by molar-refractivity contribution is 6.24. The van der Waals surface area contributed by atoms with Crippen molar-refractivity contribution < 1.29 is 4.42 Å². The first kappa shape index (κ1) is 29.1. The van der Waals surface area contributed by atoms with Gasteiger partial charge in [0.1, 0.15) is 11.2 Å². The zero-order chi connectivity index (χ0) is 33.7. The smallest absolute Gasteiger partial charge is 0.145 e. The van der Waals surface area contributed by atoms with Gasteiger partial charge in [-0.05, 0) is 94.5 Å². The molecule has 0 saturated carbocycles. The summed E-state index contributed by atoms with van der Waals surface area (Å²) < 4.78 is 8.97. The van der Waals surface area contributed by atoms with Crippen LogP contribution in [0.25, 0.3) is 82.8 Å². The van der Waals surface area contributed by atoms with Crippen LogP contribution in [-0.2, 0) is 0 Å². The van der Waals surface area contributed by atoms with E-state index < -0.39 is 0 Å². The lowest BCUT2D eigenvalue weighted by molar-refractivity contribution is 0.673. The van der Waals surface area contributed by atoms with Crippen molar-refractivity contribution >= 4 is 55.1 Å². The van der Waals surface area contributed by atoms with E-state index in [2.05, 4.69) is 186 Å². The van der Waals surface area contributed by atoms with Gasteiger partial charge in [0, 0.05) is 38.8 Å². The van der Waals surface area contributed by atoms with E-state index in [0.717, 1.165) is 77.7 Å². The average Bonchev–Trinajstić information content (AvgIpc) is 3.75. The second kappa shape index (κ2) is 11.9. The molecule has 0 saturated heterocycles. The molecular formula is C48H32N2O. The van der Waals surface area contributed by atoms with Crippen LogP contribution in [0.2, 0.25) is 0 Å². The van der Waals surface area contributed by atoms with Gasteiger partial charge in [-0.2, -0.15) is 0 Å². The summed E-state index contributed by atoms with van der Waals surface area (Å²) in [7, 11) is 0. The Morgan fingerprint density at radius 2 is 1.06 bits per heavy atom. The van der Waals surface area contributed by atoms with Crippen LogP contribution < -0.4 is 5.32 Å². The molecule has 2 heterocycles. The zero-order valence-corrected chi connectivity index (χ0v) is 27.8. The van der Waals surface area contributed by atoms with E-state index in [1.807, 2.05) is 12.1 Å². The highest BCUT2D eigenvalue weighted by atomic mass is 16.3. The fourth-order valence-electron chi connectivity index (χ4n) is 7.56. The highest BCUT2D eigenvalue weighted by Crippen LogP contribution is 2.42. The maximum atomic E-state index is 6.62. The first-order valence-corrected chi connectivity index (χ1v) is 17.3. The van der Waals surface area contributed by atoms with Crippen molar-refractivity contribution in [3.8, 4) is 39.1 Å². The highest BCUT2D eigenvalue weighted by Gasteiger charge is 2.19. The van der Waals surface area contributed by atoms with Crippen molar-refractivity contribution in [2.75, 3.05) is 5.32 Å². The SMILES string of the molecule is c1ccc(-c2ccc(Nc3ccccc3-c3cccc(-c4ccc5c(c4)c4c6oc7ccccc7c6ccc4n5-c4ccccc4)c3)cc2)cc1. The molecule has 10 aromatic rings. The summed E-state index contributed by atoms with van der Waals surface area (Å²) in [5.74, 6) is 0. The molecule has 0 unspecified atom stereocenters. The van der Waals surface area contributed by atoms with Crippen LogP contribution in [0.5, 0.6) is 0 Å². The summed E-state index contributed by atoms with van der Waals surface area (Å²) in [6.07, 6.45) is 0. The van der Waals surface area contributed by atoms with Crippen LogP contribution >= 0.6 is 0 Å². The van der Waals surface area contributed by atoms with E-state index in [1.165, 1.54) is 16.5 Å². The molecule has 0 atom stereocenters. The van der Waals surface area contributed by atoms with Crippen molar-refractivity contribution in [1.29, 1.82) is 0 Å². The molecule has 240 valence electrons. The van der Waals surface area contributed by atoms with Gasteiger partial charge in [0.05, 0.1) is 16.4 Å². The minimum atomic E-state index is 0.906. The first-order chi connectivity index (χ1) is 25.3. The number of anilines is 2. The molecule has 0 bridgehead atoms. The number of furan rings is 1. The summed E-state index contributed by atoms with van der Waals surface area (Å²) in [5.41, 5.74) is 14.4. The van der Waals surface area contributed by atoms with Crippen LogP contribution in [0.4, 0.5) is 11.4 Å². The maximum Gasteiger partial charge on any atom is 0.145 e. The van der Waals surface area contributed by atoms with E-state index >= 15 is 0 Å². The predicted octanol–water partition coefficient (Wildman–Crippen LogP) is 13.4. The minimum Gasteiger partial charge on any atom is -0.455 e. The van der Waals surface area contributed by atoms with E-state index in [0.29, 0.717) is 0 Å². The van der Waals surface area contributed by atoms with Gasteiger partial charge in [-0.15, -0.1) is 0 Å². The molecular weight excluding hydrogens is 621 g/mol. The Morgan fingerprint density at radius 1 is 0.412 bits per heavy atom. The lowest BCUT2D eigenvalue weighted by Gasteiger charge is -2.14. The summed E-state index contributed by atoms with van der Waals surface area (Å²) in [6, 6.07) is 66.7. The molecule has 0 aliphatic carbocycles. The van der Waals surface area contributed by atoms with Gasteiger partial charge in [-0.3, -0.25) is 0 Å². The van der Waals surface area contributed by atoms with Crippen molar-refractivity contribution in [2.45, 2.75) is 0 Å². The van der Waals surface area contributed by atoms with Gasteiger partial charge in [0.15, 0.2) is 0 Å². The molecule has 0 fully saturated rings. The number of nitrogens with one attached hydrogen (secondary N) is 1. The van der Waals surface area contributed by atoms with Gasteiger partial charge in [-0.25, -0.2) is 0 Å². The van der Waals surface area contributed by atoms with Gasteiger partial charge in [-0.1, -0.05) is 121 Å². The standard InChI is InChI=1S/C48H32N2O/c1-3-12-32(13-4-1)33-22-25-37(26-23-33)49-43-20-9-7-18-39(43)36-15-11-14-34(30-36)35-24-28-44-42(31-35)47-45(50(44)38-16-5-2-6-17-38)29-27-41-40-19-8-10-21-46(40)51-48(41)47/h1-31,49H. The van der Waals surface area contributed by atoms with E-state index in [-0.39, 0.29) is 0 Å². The first-order valence-electron chi connectivity index (χ1n) is 17.3. The van der Waals surface area contributed by atoms with Crippen LogP contribution in [0.1, 0.15) is 0 Å². The number of benzene rings is 8. The molecule has 0 aliphatic heterocycles. The number of nitrogens with zero attached hydrogens (tertiary/aromatic N) is 1. The molecule has 8 aromatic carbocycles. The Hall–Kier alpha value is -6.84. The summed E-state index contributed by atoms with van der Waals surface area (Å²) in [5, 5.41) is 8.26. The number of para-hydroxylation sites is 3. The van der Waals surface area contributed by atoms with Crippen molar-refractivity contribution in [1.82, 2.24) is 4.57 Å². The van der Waals surface area contributed by atoms with E-state index in [1.54, 1.807) is 0 Å². The molecule has 0 amide bonds. The van der Waals surface area contributed by atoms with Gasteiger partial charge in [0.2, 0.25) is 0 Å². The number of aromatic nitrogens is 1. The summed E-state index contributed by atoms with van der Waals surface area (Å²) in [4.78, 5) is 0. The molecule has 3 nitrogen and oxygen atoms in total. The molecule has 1 N–H and O–H groups in total. The number of hydrogen-bond acceptors (Lipinski definition) is 2. The normalized spacial score (nSPS) is 11.5. The van der Waals surface area contributed by atoms with Crippen molar-refractivity contribution in [2.24, 2.45) is 0 Å². The lowest BCUT2D eigenvalue weighted by Crippen LogP contribution is -1.94. The largest absolute Gasteiger partial charge is 0.455 e. The summed E-state index contributed by atoms with van der Waals surface area (Å²) in [6.45, 7) is 0. The van der Waals surface area contributed by atoms with Crippen molar-refractivity contribution in [3.63, 3.8) is 0 Å². The van der Waals surface area contributed by atoms with Crippen LogP contribution in [-0.4, -0.2) is 4.57 Å². The molecule has 0 aliphatic rings. The monoisotopic (exact) mass is 652 g/mol. The third kappa shape index (κ3) is 4.98. The Kier molecular flexibility index (Phi) is 6.81. The minimum absolute atomic E-state index is 0.906. The number of fused-ring (bicyclic) bond motifs is 7. The van der Waals surface area contributed by atoms with Crippen molar-refractivity contribution in [3.05, 3.63) is 188 Å². The van der Waals surface area contributed by atoms with Gasteiger partial charge in [0.25, 0.3) is 0 Å². The molecule has 0 spiro atoms. The molecule has 51 heavy (non-hydrogen) atoms. The lowest BCUT2D eigenvalue weighted by atomic mass is 9.96. The topological polar surface area (TPSA) is 30.1 Å². The Morgan fingerprint density at radius 3 is 1.92 bits per heavy atom. The van der Waals surface area contributed by atoms with Gasteiger partial charge >= 0.3 is 0 Å². The number of rotatable bonds is 6. The van der Waals surface area contributed by atoms with Crippen LogP contribution in [0.3, 0.4) is 0 Å².